The molecule has 92 valence electrons. The molecule has 1 aliphatic heterocycles. The Bertz CT molecular complexity index is 370. The van der Waals surface area contributed by atoms with Crippen LogP contribution in [0.4, 0.5) is 0 Å². The molecule has 2 aliphatic rings. The van der Waals surface area contributed by atoms with E-state index >= 15 is 0 Å². The molecule has 2 amide bonds. The molecule has 2 rings (SSSR count). The fourth-order valence-electron chi connectivity index (χ4n) is 2.73. The van der Waals surface area contributed by atoms with Crippen LogP contribution in [0.3, 0.4) is 0 Å². The first-order chi connectivity index (χ1) is 8.09. The van der Waals surface area contributed by atoms with E-state index in [0.717, 1.165) is 25.7 Å². The summed E-state index contributed by atoms with van der Waals surface area (Å²) >= 11 is 0. The molecule has 0 bridgehead atoms. The Morgan fingerprint density at radius 2 is 1.82 bits per heavy atom. The van der Waals surface area contributed by atoms with Crippen LogP contribution in [0.2, 0.25) is 0 Å². The van der Waals surface area contributed by atoms with Crippen molar-refractivity contribution in [2.24, 2.45) is 5.92 Å². The molecule has 2 unspecified atom stereocenters. The number of carboxylic acid groups (broad SMARTS) is 1. The molecule has 0 aromatic heterocycles. The monoisotopic (exact) mass is 237 g/mol. The minimum Gasteiger partial charge on any atom is -0.481 e. The summed E-state index contributed by atoms with van der Waals surface area (Å²) in [6.45, 7) is 0. The molecule has 0 aromatic rings. The average molecular weight is 237 g/mol. The van der Waals surface area contributed by atoms with Gasteiger partial charge in [-0.2, -0.15) is 0 Å². The van der Waals surface area contributed by atoms with Crippen molar-refractivity contribution in [1.29, 1.82) is 0 Å². The number of hydrogen-bond acceptors (Lipinski definition) is 3. The van der Waals surface area contributed by atoms with Crippen molar-refractivity contribution in [2.45, 2.75) is 38.1 Å². The van der Waals surface area contributed by atoms with Crippen LogP contribution in [0.1, 0.15) is 32.1 Å². The fraction of sp³-hybridized carbons (Fsp3) is 0.583. The topological polar surface area (TPSA) is 74.7 Å². The number of rotatable bonds is 3. The maximum atomic E-state index is 11.6. The summed E-state index contributed by atoms with van der Waals surface area (Å²) in [6.07, 6.45) is 5.95. The average Bonchev–Trinajstić information content (AvgIpc) is 2.59. The normalized spacial score (nSPS) is 28.8. The number of aliphatic carboxylic acids is 1. The molecule has 17 heavy (non-hydrogen) atoms. The first-order valence-corrected chi connectivity index (χ1v) is 5.86. The Hall–Kier alpha value is -1.65. The summed E-state index contributed by atoms with van der Waals surface area (Å²) in [4.78, 5) is 35.2. The maximum absolute atomic E-state index is 11.6. The Morgan fingerprint density at radius 3 is 2.41 bits per heavy atom. The highest BCUT2D eigenvalue weighted by Gasteiger charge is 2.38. The predicted molar refractivity (Wildman–Crippen MR) is 59.0 cm³/mol. The number of amides is 2. The third kappa shape index (κ3) is 2.38. The van der Waals surface area contributed by atoms with Gasteiger partial charge in [0.25, 0.3) is 11.8 Å². The molecule has 0 radical (unpaired) electrons. The van der Waals surface area contributed by atoms with Gasteiger partial charge in [0.15, 0.2) is 0 Å². The lowest BCUT2D eigenvalue weighted by molar-refractivity contribution is -0.145. The lowest BCUT2D eigenvalue weighted by Gasteiger charge is -2.36. The standard InChI is InChI=1S/C12H15NO4/c14-10-5-6-11(15)13(10)9-4-2-1-3-8(9)7-12(16)17/h5-6,8-9H,1-4,7H2,(H,16,17). The fourth-order valence-corrected chi connectivity index (χ4v) is 2.73. The molecular weight excluding hydrogens is 222 g/mol. The summed E-state index contributed by atoms with van der Waals surface area (Å²) < 4.78 is 0. The van der Waals surface area contributed by atoms with Gasteiger partial charge in [-0.05, 0) is 18.8 Å². The number of carbonyl (C=O) groups is 3. The molecule has 0 aromatic carbocycles. The van der Waals surface area contributed by atoms with Crippen LogP contribution < -0.4 is 0 Å². The molecule has 2 atom stereocenters. The number of imide groups is 1. The third-order valence-corrected chi connectivity index (χ3v) is 3.48. The summed E-state index contributed by atoms with van der Waals surface area (Å²) in [5, 5.41) is 8.85. The van der Waals surface area contributed by atoms with Crippen LogP contribution >= 0.6 is 0 Å². The Labute approximate surface area is 99.1 Å². The Morgan fingerprint density at radius 1 is 1.24 bits per heavy atom. The summed E-state index contributed by atoms with van der Waals surface area (Å²) in [5.41, 5.74) is 0. The van der Waals surface area contributed by atoms with Crippen molar-refractivity contribution in [3.63, 3.8) is 0 Å². The van der Waals surface area contributed by atoms with E-state index in [4.69, 9.17) is 5.11 Å². The summed E-state index contributed by atoms with van der Waals surface area (Å²) in [5.74, 6) is -1.59. The van der Waals surface area contributed by atoms with E-state index in [0.29, 0.717) is 0 Å². The molecule has 1 saturated carbocycles. The second-order valence-corrected chi connectivity index (χ2v) is 4.59. The second kappa shape index (κ2) is 4.69. The van der Waals surface area contributed by atoms with Crippen molar-refractivity contribution in [3.8, 4) is 0 Å². The van der Waals surface area contributed by atoms with Gasteiger partial charge in [0.2, 0.25) is 0 Å². The van der Waals surface area contributed by atoms with Gasteiger partial charge in [-0.3, -0.25) is 19.3 Å². The van der Waals surface area contributed by atoms with Crippen molar-refractivity contribution < 1.29 is 19.5 Å². The number of carboxylic acids is 1. The second-order valence-electron chi connectivity index (χ2n) is 4.59. The van der Waals surface area contributed by atoms with E-state index < -0.39 is 5.97 Å². The summed E-state index contributed by atoms with van der Waals surface area (Å²) in [6, 6.07) is -0.241. The smallest absolute Gasteiger partial charge is 0.303 e. The van der Waals surface area contributed by atoms with Gasteiger partial charge < -0.3 is 5.11 Å². The van der Waals surface area contributed by atoms with Gasteiger partial charge in [0.1, 0.15) is 0 Å². The third-order valence-electron chi connectivity index (χ3n) is 3.48. The van der Waals surface area contributed by atoms with Gasteiger partial charge in [-0.1, -0.05) is 12.8 Å². The lowest BCUT2D eigenvalue weighted by atomic mass is 9.81. The van der Waals surface area contributed by atoms with E-state index in [1.54, 1.807) is 0 Å². The number of nitrogens with zero attached hydrogens (tertiary/aromatic N) is 1. The zero-order valence-corrected chi connectivity index (χ0v) is 9.46. The van der Waals surface area contributed by atoms with E-state index in [1.807, 2.05) is 0 Å². The maximum Gasteiger partial charge on any atom is 0.303 e. The zero-order chi connectivity index (χ0) is 12.4. The molecule has 1 heterocycles. The molecular formula is C12H15NO4. The van der Waals surface area contributed by atoms with Gasteiger partial charge >= 0.3 is 5.97 Å². The largest absolute Gasteiger partial charge is 0.481 e. The van der Waals surface area contributed by atoms with Crippen molar-refractivity contribution >= 4 is 17.8 Å². The van der Waals surface area contributed by atoms with Crippen LogP contribution in [0.25, 0.3) is 0 Å². The minimum atomic E-state index is -0.867. The molecule has 1 N–H and O–H groups in total. The van der Waals surface area contributed by atoms with Crippen LogP contribution in [0.5, 0.6) is 0 Å². The minimum absolute atomic E-state index is 0.0295. The molecule has 5 nitrogen and oxygen atoms in total. The van der Waals surface area contributed by atoms with Gasteiger partial charge in [-0.15, -0.1) is 0 Å². The molecule has 0 spiro atoms. The SMILES string of the molecule is O=C(O)CC1CCCCC1N1C(=O)C=CC1=O. The van der Waals surface area contributed by atoms with Gasteiger partial charge in [0.05, 0.1) is 6.42 Å². The van der Waals surface area contributed by atoms with Crippen LogP contribution in [-0.4, -0.2) is 33.8 Å². The number of carbonyl (C=O) groups excluding carboxylic acids is 2. The van der Waals surface area contributed by atoms with Gasteiger partial charge in [-0.25, -0.2) is 0 Å². The Balaban J connectivity index is 2.13. The molecule has 1 aliphatic carbocycles. The highest BCUT2D eigenvalue weighted by atomic mass is 16.4. The van der Waals surface area contributed by atoms with Gasteiger partial charge in [0, 0.05) is 18.2 Å². The highest BCUT2D eigenvalue weighted by molar-refractivity contribution is 6.13. The van der Waals surface area contributed by atoms with Crippen molar-refractivity contribution in [2.75, 3.05) is 0 Å². The molecule has 0 saturated heterocycles. The highest BCUT2D eigenvalue weighted by Crippen LogP contribution is 2.32. The van der Waals surface area contributed by atoms with E-state index in [-0.39, 0.29) is 30.2 Å². The van der Waals surface area contributed by atoms with E-state index in [2.05, 4.69) is 0 Å². The zero-order valence-electron chi connectivity index (χ0n) is 9.46. The Kier molecular flexibility index (Phi) is 3.26. The van der Waals surface area contributed by atoms with Crippen molar-refractivity contribution in [1.82, 2.24) is 4.90 Å². The quantitative estimate of drug-likeness (QED) is 0.741. The van der Waals surface area contributed by atoms with Crippen LogP contribution in [0.15, 0.2) is 12.2 Å². The van der Waals surface area contributed by atoms with Crippen LogP contribution in [-0.2, 0) is 14.4 Å². The van der Waals surface area contributed by atoms with E-state index in [1.165, 1.54) is 17.1 Å². The lowest BCUT2D eigenvalue weighted by Crippen LogP contribution is -2.46. The summed E-state index contributed by atoms with van der Waals surface area (Å²) in [7, 11) is 0. The number of hydrogen-bond donors (Lipinski definition) is 1. The molecule has 1 fully saturated rings. The van der Waals surface area contributed by atoms with Crippen LogP contribution in [0, 0.1) is 5.92 Å². The predicted octanol–water partition coefficient (Wildman–Crippen LogP) is 0.945. The first-order valence-electron chi connectivity index (χ1n) is 5.86. The van der Waals surface area contributed by atoms with Crippen molar-refractivity contribution in [3.05, 3.63) is 12.2 Å². The molecule has 5 heteroatoms. The first kappa shape index (κ1) is 11.8. The van der Waals surface area contributed by atoms with E-state index in [9.17, 15) is 14.4 Å².